The molecule has 0 heterocycles. The Bertz CT molecular complexity index is 592. The highest BCUT2D eigenvalue weighted by Gasteiger charge is 2.29. The van der Waals surface area contributed by atoms with Crippen molar-refractivity contribution >= 4 is 54.9 Å². The third kappa shape index (κ3) is 9.25. The van der Waals surface area contributed by atoms with E-state index in [2.05, 4.69) is 41.2 Å². The van der Waals surface area contributed by atoms with E-state index < -0.39 is 66.9 Å². The maximum absolute atomic E-state index is 12.4. The fourth-order valence-electron chi connectivity index (χ4n) is 1.82. The second kappa shape index (κ2) is 13.2. The van der Waals surface area contributed by atoms with Gasteiger partial charge in [-0.15, -0.1) is 0 Å². The van der Waals surface area contributed by atoms with E-state index >= 15 is 0 Å². The molecule has 0 aromatic heterocycles. The number of nitrogens with one attached hydrogen (secondary N) is 3. The Morgan fingerprint density at radius 3 is 1.75 bits per heavy atom. The van der Waals surface area contributed by atoms with Gasteiger partial charge in [0, 0.05) is 17.9 Å². The summed E-state index contributed by atoms with van der Waals surface area (Å²) in [5.74, 6) is -5.54. The van der Waals surface area contributed by atoms with Crippen molar-refractivity contribution in [2.75, 3.05) is 18.1 Å². The summed E-state index contributed by atoms with van der Waals surface area (Å²) in [4.78, 5) is 58.0. The second-order valence-electron chi connectivity index (χ2n) is 5.61. The molecule has 0 saturated carbocycles. The van der Waals surface area contributed by atoms with E-state index in [0.717, 1.165) is 0 Å². The van der Waals surface area contributed by atoms with Crippen LogP contribution in [0.5, 0.6) is 0 Å². The number of amides is 3. The van der Waals surface area contributed by atoms with E-state index in [1.165, 1.54) is 0 Å². The fourth-order valence-corrected chi connectivity index (χ4v) is 2.24. The summed E-state index contributed by atoms with van der Waals surface area (Å²) in [5.41, 5.74) is 5.49. The number of carbonyl (C=O) groups is 5. The van der Waals surface area contributed by atoms with Crippen LogP contribution in [0, 0.1) is 0 Å². The molecule has 0 fully saturated rings. The van der Waals surface area contributed by atoms with Gasteiger partial charge in [-0.2, -0.15) is 25.3 Å². The largest absolute Gasteiger partial charge is 0.481 e. The molecule has 0 aromatic carbocycles. The van der Waals surface area contributed by atoms with E-state index in [-0.39, 0.29) is 17.9 Å². The molecule has 0 aliphatic rings. The Labute approximate surface area is 171 Å². The van der Waals surface area contributed by atoms with Gasteiger partial charge >= 0.3 is 11.9 Å². The van der Waals surface area contributed by atoms with Gasteiger partial charge in [0.1, 0.15) is 18.1 Å². The number of hydrogen-bond donors (Lipinski definition) is 9. The smallest absolute Gasteiger partial charge is 0.327 e. The maximum Gasteiger partial charge on any atom is 0.327 e. The molecule has 0 rings (SSSR count). The van der Waals surface area contributed by atoms with Gasteiger partial charge in [-0.3, -0.25) is 19.2 Å². The summed E-state index contributed by atoms with van der Waals surface area (Å²) in [6.45, 7) is -0.869. The number of aliphatic carboxylic acids is 2. The lowest BCUT2D eigenvalue weighted by Gasteiger charge is -2.23. The van der Waals surface area contributed by atoms with Crippen LogP contribution < -0.4 is 21.7 Å². The van der Waals surface area contributed by atoms with E-state index in [4.69, 9.17) is 15.9 Å². The molecule has 3 amide bonds. The fraction of sp³-hybridized carbons (Fsp3) is 0.643. The molecule has 28 heavy (non-hydrogen) atoms. The highest BCUT2D eigenvalue weighted by Crippen LogP contribution is 2.01. The summed E-state index contributed by atoms with van der Waals surface area (Å²) >= 11 is 7.62. The first-order valence-electron chi connectivity index (χ1n) is 8.01. The molecule has 8 N–H and O–H groups in total. The van der Waals surface area contributed by atoms with Crippen LogP contribution in [0.2, 0.25) is 0 Å². The number of aliphatic hydroxyl groups excluding tert-OH is 1. The van der Waals surface area contributed by atoms with Crippen LogP contribution in [0.1, 0.15) is 12.8 Å². The lowest BCUT2D eigenvalue weighted by molar-refractivity contribution is -0.142. The SMILES string of the molecule is NC(CS)C(=O)NC(CCC(=O)O)C(=O)NC(CO)C(=O)NC(CS)C(=O)O. The summed E-state index contributed by atoms with van der Waals surface area (Å²) < 4.78 is 0. The molecule has 0 saturated heterocycles. The number of carbonyl (C=O) groups excluding carboxylic acids is 3. The zero-order chi connectivity index (χ0) is 21.9. The molecule has 0 bridgehead atoms. The van der Waals surface area contributed by atoms with Gasteiger partial charge in [0.2, 0.25) is 17.7 Å². The number of carboxylic acid groups (broad SMARTS) is 2. The molecule has 4 unspecified atom stereocenters. The van der Waals surface area contributed by atoms with Gasteiger partial charge in [0.15, 0.2) is 0 Å². The Hall–Kier alpha value is -2.03. The molecule has 0 spiro atoms. The van der Waals surface area contributed by atoms with Gasteiger partial charge in [-0.1, -0.05) is 0 Å². The van der Waals surface area contributed by atoms with E-state index in [1.54, 1.807) is 0 Å². The normalized spacial score (nSPS) is 14.9. The van der Waals surface area contributed by atoms with E-state index in [1.807, 2.05) is 0 Å². The van der Waals surface area contributed by atoms with Crippen LogP contribution in [-0.2, 0) is 24.0 Å². The van der Waals surface area contributed by atoms with Gasteiger partial charge in [0.25, 0.3) is 0 Å². The Balaban J connectivity index is 5.16. The first-order chi connectivity index (χ1) is 13.1. The minimum Gasteiger partial charge on any atom is -0.481 e. The van der Waals surface area contributed by atoms with Crippen LogP contribution >= 0.6 is 25.3 Å². The van der Waals surface area contributed by atoms with Crippen LogP contribution in [-0.4, -0.2) is 87.3 Å². The molecular weight excluding hydrogens is 416 g/mol. The molecule has 0 aromatic rings. The number of aliphatic hydroxyl groups is 1. The molecule has 160 valence electrons. The van der Waals surface area contributed by atoms with Crippen molar-refractivity contribution < 1.29 is 39.3 Å². The molecule has 0 radical (unpaired) electrons. The molecule has 0 aliphatic heterocycles. The van der Waals surface area contributed by atoms with Crippen molar-refractivity contribution in [3.05, 3.63) is 0 Å². The Morgan fingerprint density at radius 2 is 1.32 bits per heavy atom. The molecule has 12 nitrogen and oxygen atoms in total. The van der Waals surface area contributed by atoms with Gasteiger partial charge in [-0.25, -0.2) is 4.79 Å². The van der Waals surface area contributed by atoms with Crippen molar-refractivity contribution in [2.45, 2.75) is 37.0 Å². The van der Waals surface area contributed by atoms with Gasteiger partial charge < -0.3 is 37.0 Å². The second-order valence-corrected chi connectivity index (χ2v) is 6.34. The third-order valence-electron chi connectivity index (χ3n) is 3.43. The number of carboxylic acids is 2. The molecule has 0 aliphatic carbocycles. The van der Waals surface area contributed by atoms with E-state index in [0.29, 0.717) is 0 Å². The minimum absolute atomic E-state index is 0.0267. The predicted octanol–water partition coefficient (Wildman–Crippen LogP) is -3.43. The van der Waals surface area contributed by atoms with Crippen LogP contribution in [0.3, 0.4) is 0 Å². The van der Waals surface area contributed by atoms with Crippen molar-refractivity contribution in [3.63, 3.8) is 0 Å². The van der Waals surface area contributed by atoms with Crippen molar-refractivity contribution in [2.24, 2.45) is 5.73 Å². The maximum atomic E-state index is 12.4. The highest BCUT2D eigenvalue weighted by molar-refractivity contribution is 7.80. The average molecular weight is 441 g/mol. The minimum atomic E-state index is -1.53. The van der Waals surface area contributed by atoms with Crippen molar-refractivity contribution in [1.29, 1.82) is 0 Å². The van der Waals surface area contributed by atoms with Crippen molar-refractivity contribution in [1.82, 2.24) is 16.0 Å². The standard InChI is InChI=1S/C14H24N4O8S2/c15-6(4-27)11(22)16-7(1-2-10(20)21)12(23)17-8(3-19)13(24)18-9(5-28)14(25)26/h6-9,19,27-28H,1-5,15H2,(H,16,22)(H,17,23)(H,18,24)(H,20,21)(H,25,26). The molecular formula is C14H24N4O8S2. The highest BCUT2D eigenvalue weighted by atomic mass is 32.1. The zero-order valence-corrected chi connectivity index (χ0v) is 16.5. The lowest BCUT2D eigenvalue weighted by atomic mass is 10.1. The topological polar surface area (TPSA) is 208 Å². The number of rotatable bonds is 13. The first-order valence-corrected chi connectivity index (χ1v) is 9.27. The monoisotopic (exact) mass is 440 g/mol. The average Bonchev–Trinajstić information content (AvgIpc) is 2.65. The Kier molecular flexibility index (Phi) is 12.2. The molecule has 14 heteroatoms. The summed E-state index contributed by atoms with van der Waals surface area (Å²) in [6.07, 6.45) is -0.772. The summed E-state index contributed by atoms with van der Waals surface area (Å²) in [5, 5.41) is 33.5. The summed E-state index contributed by atoms with van der Waals surface area (Å²) in [7, 11) is 0. The van der Waals surface area contributed by atoms with Crippen molar-refractivity contribution in [3.8, 4) is 0 Å². The lowest BCUT2D eigenvalue weighted by Crippen LogP contribution is -2.58. The third-order valence-corrected chi connectivity index (χ3v) is 4.18. The number of hydrogen-bond acceptors (Lipinski definition) is 9. The predicted molar refractivity (Wildman–Crippen MR) is 103 cm³/mol. The zero-order valence-electron chi connectivity index (χ0n) is 14.7. The van der Waals surface area contributed by atoms with Crippen LogP contribution in [0.15, 0.2) is 0 Å². The quantitative estimate of drug-likeness (QED) is 0.130. The van der Waals surface area contributed by atoms with Crippen LogP contribution in [0.25, 0.3) is 0 Å². The Morgan fingerprint density at radius 1 is 0.821 bits per heavy atom. The first kappa shape index (κ1) is 26.0. The van der Waals surface area contributed by atoms with Gasteiger partial charge in [-0.05, 0) is 6.42 Å². The van der Waals surface area contributed by atoms with Crippen LogP contribution in [0.4, 0.5) is 0 Å². The summed E-state index contributed by atoms with van der Waals surface area (Å²) in [6, 6.07) is -5.28. The van der Waals surface area contributed by atoms with E-state index in [9.17, 15) is 29.1 Å². The molecule has 4 atom stereocenters. The number of nitrogens with two attached hydrogens (primary N) is 1. The van der Waals surface area contributed by atoms with Gasteiger partial charge in [0.05, 0.1) is 12.6 Å². The number of thiol groups is 2.